The summed E-state index contributed by atoms with van der Waals surface area (Å²) in [5.74, 6) is 1.89. The lowest BCUT2D eigenvalue weighted by Crippen LogP contribution is -2.39. The van der Waals surface area contributed by atoms with Crippen LogP contribution < -0.4 is 5.73 Å². The van der Waals surface area contributed by atoms with Crippen molar-refractivity contribution in [2.45, 2.75) is 58.9 Å². The molecule has 1 aliphatic heterocycles. The highest BCUT2D eigenvalue weighted by molar-refractivity contribution is 5.76. The fourth-order valence-electron chi connectivity index (χ4n) is 2.55. The highest BCUT2D eigenvalue weighted by atomic mass is 16.2. The Kier molecular flexibility index (Phi) is 5.96. The summed E-state index contributed by atoms with van der Waals surface area (Å²) in [5.41, 5.74) is 5.68. The molecule has 0 saturated carbocycles. The average molecular weight is 240 g/mol. The number of hydrogen-bond acceptors (Lipinski definition) is 2. The first-order valence-corrected chi connectivity index (χ1v) is 7.04. The number of nitrogens with two attached hydrogens (primary N) is 1. The zero-order chi connectivity index (χ0) is 12.8. The third-order valence-corrected chi connectivity index (χ3v) is 3.89. The number of carbonyl (C=O) groups excluding carboxylic acids is 1. The first kappa shape index (κ1) is 14.5. The molecule has 1 fully saturated rings. The molecule has 2 N–H and O–H groups in total. The molecule has 0 aromatic heterocycles. The van der Waals surface area contributed by atoms with E-state index in [0.29, 0.717) is 12.3 Å². The molecule has 0 aromatic carbocycles. The van der Waals surface area contributed by atoms with E-state index in [9.17, 15) is 4.79 Å². The van der Waals surface area contributed by atoms with Crippen LogP contribution in [0.2, 0.25) is 0 Å². The van der Waals surface area contributed by atoms with Crippen LogP contribution in [0.5, 0.6) is 0 Å². The summed E-state index contributed by atoms with van der Waals surface area (Å²) in [4.78, 5) is 14.0. The standard InChI is InChI=1S/C14H28N2O/c1-11(2)13-7-9-16(10-8-13)14(17)6-4-5-12(3)15/h11-13H,4-10,15H2,1-3H3. The van der Waals surface area contributed by atoms with E-state index < -0.39 is 0 Å². The van der Waals surface area contributed by atoms with Gasteiger partial charge in [-0.1, -0.05) is 13.8 Å². The molecule has 0 bridgehead atoms. The van der Waals surface area contributed by atoms with Crippen LogP contribution >= 0.6 is 0 Å². The van der Waals surface area contributed by atoms with E-state index in [1.165, 1.54) is 12.8 Å². The molecule has 0 aromatic rings. The second-order valence-electron chi connectivity index (χ2n) is 5.83. The van der Waals surface area contributed by atoms with E-state index in [-0.39, 0.29) is 6.04 Å². The molecule has 0 spiro atoms. The second-order valence-corrected chi connectivity index (χ2v) is 5.83. The first-order chi connectivity index (χ1) is 8.00. The van der Waals surface area contributed by atoms with Gasteiger partial charge >= 0.3 is 0 Å². The molecule has 0 aliphatic carbocycles. The summed E-state index contributed by atoms with van der Waals surface area (Å²) in [7, 11) is 0. The van der Waals surface area contributed by atoms with Gasteiger partial charge in [0, 0.05) is 25.6 Å². The zero-order valence-electron chi connectivity index (χ0n) is 11.6. The number of hydrogen-bond donors (Lipinski definition) is 1. The summed E-state index contributed by atoms with van der Waals surface area (Å²) < 4.78 is 0. The number of rotatable bonds is 5. The Morgan fingerprint density at radius 2 is 1.88 bits per heavy atom. The van der Waals surface area contributed by atoms with Crippen molar-refractivity contribution in [2.75, 3.05) is 13.1 Å². The summed E-state index contributed by atoms with van der Waals surface area (Å²) >= 11 is 0. The molecular formula is C14H28N2O. The zero-order valence-corrected chi connectivity index (χ0v) is 11.6. The summed E-state index contributed by atoms with van der Waals surface area (Å²) in [6.07, 6.45) is 4.91. The van der Waals surface area contributed by atoms with Crippen molar-refractivity contribution in [3.05, 3.63) is 0 Å². The topological polar surface area (TPSA) is 46.3 Å². The van der Waals surface area contributed by atoms with Gasteiger partial charge in [-0.3, -0.25) is 4.79 Å². The van der Waals surface area contributed by atoms with Crippen molar-refractivity contribution in [1.82, 2.24) is 4.90 Å². The minimum absolute atomic E-state index is 0.217. The van der Waals surface area contributed by atoms with Crippen molar-refractivity contribution >= 4 is 5.91 Å². The van der Waals surface area contributed by atoms with Crippen LogP contribution in [0.25, 0.3) is 0 Å². The fraction of sp³-hybridized carbons (Fsp3) is 0.929. The molecule has 17 heavy (non-hydrogen) atoms. The fourth-order valence-corrected chi connectivity index (χ4v) is 2.55. The monoisotopic (exact) mass is 240 g/mol. The number of piperidine rings is 1. The van der Waals surface area contributed by atoms with Gasteiger partial charge in [-0.25, -0.2) is 0 Å². The van der Waals surface area contributed by atoms with Gasteiger partial charge in [-0.2, -0.15) is 0 Å². The maximum Gasteiger partial charge on any atom is 0.222 e. The van der Waals surface area contributed by atoms with Crippen LogP contribution in [0, 0.1) is 11.8 Å². The van der Waals surface area contributed by atoms with E-state index in [1.54, 1.807) is 0 Å². The van der Waals surface area contributed by atoms with Gasteiger partial charge in [0.15, 0.2) is 0 Å². The molecule has 1 rings (SSSR count). The van der Waals surface area contributed by atoms with Gasteiger partial charge in [0.1, 0.15) is 0 Å². The summed E-state index contributed by atoms with van der Waals surface area (Å²) in [5, 5.41) is 0. The quantitative estimate of drug-likeness (QED) is 0.802. The lowest BCUT2D eigenvalue weighted by atomic mass is 9.86. The van der Waals surface area contributed by atoms with Crippen LogP contribution in [-0.4, -0.2) is 29.9 Å². The number of carbonyl (C=O) groups is 1. The van der Waals surface area contributed by atoms with Crippen LogP contribution in [0.4, 0.5) is 0 Å². The molecule has 1 atom stereocenters. The van der Waals surface area contributed by atoms with E-state index in [2.05, 4.69) is 13.8 Å². The molecule has 3 heteroatoms. The third-order valence-electron chi connectivity index (χ3n) is 3.89. The SMILES string of the molecule is CC(N)CCCC(=O)N1CCC(C(C)C)CC1. The Hall–Kier alpha value is -0.570. The molecule has 1 saturated heterocycles. The maximum absolute atomic E-state index is 11.9. The largest absolute Gasteiger partial charge is 0.343 e. The highest BCUT2D eigenvalue weighted by Gasteiger charge is 2.23. The summed E-state index contributed by atoms with van der Waals surface area (Å²) in [6.45, 7) is 8.48. The predicted octanol–water partition coefficient (Wildman–Crippen LogP) is 2.40. The third kappa shape index (κ3) is 5.07. The second kappa shape index (κ2) is 7.00. The molecule has 100 valence electrons. The Morgan fingerprint density at radius 3 is 2.35 bits per heavy atom. The van der Waals surface area contributed by atoms with Crippen molar-refractivity contribution < 1.29 is 4.79 Å². The van der Waals surface area contributed by atoms with Crippen LogP contribution in [-0.2, 0) is 4.79 Å². The van der Waals surface area contributed by atoms with Crippen molar-refractivity contribution in [3.8, 4) is 0 Å². The molecule has 1 heterocycles. The Labute approximate surface area is 106 Å². The molecule has 1 amide bonds. The van der Waals surface area contributed by atoms with Gasteiger partial charge < -0.3 is 10.6 Å². The molecule has 3 nitrogen and oxygen atoms in total. The Bertz CT molecular complexity index is 230. The van der Waals surface area contributed by atoms with Crippen LogP contribution in [0.15, 0.2) is 0 Å². The Balaban J connectivity index is 2.21. The van der Waals surface area contributed by atoms with Gasteiger partial charge in [0.2, 0.25) is 5.91 Å². The molecule has 0 radical (unpaired) electrons. The van der Waals surface area contributed by atoms with Gasteiger partial charge in [0.25, 0.3) is 0 Å². The minimum atomic E-state index is 0.217. The maximum atomic E-state index is 11.9. The summed E-state index contributed by atoms with van der Waals surface area (Å²) in [6, 6.07) is 0.217. The molecule has 1 unspecified atom stereocenters. The minimum Gasteiger partial charge on any atom is -0.343 e. The average Bonchev–Trinajstić information content (AvgIpc) is 2.28. The molecule has 1 aliphatic rings. The predicted molar refractivity (Wildman–Crippen MR) is 71.6 cm³/mol. The van der Waals surface area contributed by atoms with Gasteiger partial charge in [0.05, 0.1) is 0 Å². The molecular weight excluding hydrogens is 212 g/mol. The Morgan fingerprint density at radius 1 is 1.29 bits per heavy atom. The van der Waals surface area contributed by atoms with E-state index in [4.69, 9.17) is 5.73 Å². The lowest BCUT2D eigenvalue weighted by Gasteiger charge is -2.34. The van der Waals surface area contributed by atoms with Crippen molar-refractivity contribution in [2.24, 2.45) is 17.6 Å². The van der Waals surface area contributed by atoms with Crippen molar-refractivity contribution in [1.29, 1.82) is 0 Å². The first-order valence-electron chi connectivity index (χ1n) is 7.04. The van der Waals surface area contributed by atoms with E-state index in [1.807, 2.05) is 11.8 Å². The highest BCUT2D eigenvalue weighted by Crippen LogP contribution is 2.24. The normalized spacial score (nSPS) is 19.7. The van der Waals surface area contributed by atoms with Crippen molar-refractivity contribution in [3.63, 3.8) is 0 Å². The van der Waals surface area contributed by atoms with Gasteiger partial charge in [-0.05, 0) is 44.4 Å². The number of likely N-dealkylation sites (tertiary alicyclic amines) is 1. The van der Waals surface area contributed by atoms with Crippen LogP contribution in [0.1, 0.15) is 52.9 Å². The number of nitrogens with zero attached hydrogens (tertiary/aromatic N) is 1. The van der Waals surface area contributed by atoms with Gasteiger partial charge in [-0.15, -0.1) is 0 Å². The van der Waals surface area contributed by atoms with Crippen LogP contribution in [0.3, 0.4) is 0 Å². The lowest BCUT2D eigenvalue weighted by molar-refractivity contribution is -0.132. The smallest absolute Gasteiger partial charge is 0.222 e. The van der Waals surface area contributed by atoms with E-state index in [0.717, 1.165) is 37.8 Å². The van der Waals surface area contributed by atoms with E-state index >= 15 is 0 Å². The number of amides is 1.